The summed E-state index contributed by atoms with van der Waals surface area (Å²) < 4.78 is 0. The van der Waals surface area contributed by atoms with Gasteiger partial charge >= 0.3 is 5.97 Å². The van der Waals surface area contributed by atoms with Crippen molar-refractivity contribution in [2.24, 2.45) is 0 Å². The molecule has 3 heteroatoms. The summed E-state index contributed by atoms with van der Waals surface area (Å²) in [6.07, 6.45) is 6.26. The maximum atomic E-state index is 10.8. The maximum Gasteiger partial charge on any atom is 0.335 e. The Bertz CT molecular complexity index is 370. The highest BCUT2D eigenvalue weighted by Gasteiger charge is 2.13. The second-order valence-electron chi connectivity index (χ2n) is 4.37. The van der Waals surface area contributed by atoms with Gasteiger partial charge in [0.25, 0.3) is 0 Å². The molecule has 3 nitrogen and oxygen atoms in total. The minimum absolute atomic E-state index is 0.348. The van der Waals surface area contributed by atoms with Crippen LogP contribution >= 0.6 is 0 Å². The molecule has 1 aromatic carbocycles. The summed E-state index contributed by atoms with van der Waals surface area (Å²) >= 11 is 0. The van der Waals surface area contributed by atoms with Crippen molar-refractivity contribution in [1.29, 1.82) is 0 Å². The second-order valence-corrected chi connectivity index (χ2v) is 4.37. The minimum Gasteiger partial charge on any atom is -0.478 e. The third kappa shape index (κ3) is 2.75. The van der Waals surface area contributed by atoms with E-state index in [-0.39, 0.29) is 0 Å². The molecule has 1 aliphatic rings. The number of anilines is 1. The molecule has 1 saturated carbocycles. The predicted octanol–water partition coefficient (Wildman–Crippen LogP) is 3.13. The van der Waals surface area contributed by atoms with E-state index in [1.807, 2.05) is 6.07 Å². The van der Waals surface area contributed by atoms with E-state index >= 15 is 0 Å². The molecule has 0 amide bonds. The predicted molar refractivity (Wildman–Crippen MR) is 63.9 cm³/mol. The Morgan fingerprint density at radius 1 is 1.25 bits per heavy atom. The van der Waals surface area contributed by atoms with E-state index in [1.165, 1.54) is 32.1 Å². The molecule has 0 saturated heterocycles. The van der Waals surface area contributed by atoms with E-state index in [9.17, 15) is 4.79 Å². The maximum absolute atomic E-state index is 10.8. The van der Waals surface area contributed by atoms with Gasteiger partial charge in [-0.25, -0.2) is 4.79 Å². The van der Waals surface area contributed by atoms with E-state index in [0.717, 1.165) is 5.69 Å². The molecule has 16 heavy (non-hydrogen) atoms. The van der Waals surface area contributed by atoms with Gasteiger partial charge in [-0.05, 0) is 31.0 Å². The van der Waals surface area contributed by atoms with E-state index in [2.05, 4.69) is 5.32 Å². The molecule has 86 valence electrons. The molecule has 0 aliphatic heterocycles. The fourth-order valence-corrected chi connectivity index (χ4v) is 2.22. The molecule has 0 heterocycles. The number of hydrogen-bond acceptors (Lipinski definition) is 2. The van der Waals surface area contributed by atoms with Gasteiger partial charge in [0, 0.05) is 11.7 Å². The van der Waals surface area contributed by atoms with Crippen LogP contribution in [0.5, 0.6) is 0 Å². The first kappa shape index (κ1) is 11.0. The summed E-state index contributed by atoms with van der Waals surface area (Å²) in [6.45, 7) is 0. The largest absolute Gasteiger partial charge is 0.478 e. The van der Waals surface area contributed by atoms with Crippen LogP contribution in [0.1, 0.15) is 42.5 Å². The Labute approximate surface area is 95.5 Å². The van der Waals surface area contributed by atoms with E-state index < -0.39 is 5.97 Å². The quantitative estimate of drug-likeness (QED) is 0.821. The Hall–Kier alpha value is -1.51. The van der Waals surface area contributed by atoms with Gasteiger partial charge in [0.1, 0.15) is 0 Å². The third-order valence-electron chi connectivity index (χ3n) is 3.09. The summed E-state index contributed by atoms with van der Waals surface area (Å²) in [4.78, 5) is 10.8. The topological polar surface area (TPSA) is 49.3 Å². The number of rotatable bonds is 3. The van der Waals surface area contributed by atoms with E-state index in [1.54, 1.807) is 18.2 Å². The summed E-state index contributed by atoms with van der Waals surface area (Å²) in [5.74, 6) is -0.868. The Morgan fingerprint density at radius 2 is 2.00 bits per heavy atom. The zero-order valence-corrected chi connectivity index (χ0v) is 9.28. The summed E-state index contributed by atoms with van der Waals surface area (Å²) in [6, 6.07) is 7.55. The highest BCUT2D eigenvalue weighted by Crippen LogP contribution is 2.22. The smallest absolute Gasteiger partial charge is 0.335 e. The van der Waals surface area contributed by atoms with E-state index in [4.69, 9.17) is 5.11 Å². The van der Waals surface area contributed by atoms with Crippen LogP contribution in [0.15, 0.2) is 24.3 Å². The van der Waals surface area contributed by atoms with Crippen LogP contribution in [0, 0.1) is 0 Å². The van der Waals surface area contributed by atoms with E-state index in [0.29, 0.717) is 11.6 Å². The van der Waals surface area contributed by atoms with Crippen LogP contribution in [0.3, 0.4) is 0 Å². The first-order valence-corrected chi connectivity index (χ1v) is 5.85. The average Bonchev–Trinajstić information content (AvgIpc) is 2.30. The fraction of sp³-hybridized carbons (Fsp3) is 0.462. The molecule has 2 N–H and O–H groups in total. The molecule has 1 aromatic rings. The van der Waals surface area contributed by atoms with Crippen molar-refractivity contribution in [3.8, 4) is 0 Å². The van der Waals surface area contributed by atoms with Gasteiger partial charge in [-0.2, -0.15) is 0 Å². The van der Waals surface area contributed by atoms with Crippen LogP contribution in [-0.4, -0.2) is 17.1 Å². The van der Waals surface area contributed by atoms with Crippen molar-refractivity contribution in [2.45, 2.75) is 38.1 Å². The SMILES string of the molecule is O=C(O)c1cccc(NC2CCCCC2)c1. The molecule has 1 fully saturated rings. The van der Waals surface area contributed by atoms with Crippen LogP contribution in [0.25, 0.3) is 0 Å². The first-order chi connectivity index (χ1) is 7.75. The van der Waals surface area contributed by atoms with Gasteiger partial charge in [-0.1, -0.05) is 25.3 Å². The Morgan fingerprint density at radius 3 is 2.69 bits per heavy atom. The van der Waals surface area contributed by atoms with Crippen molar-refractivity contribution >= 4 is 11.7 Å². The van der Waals surface area contributed by atoms with Gasteiger partial charge < -0.3 is 10.4 Å². The van der Waals surface area contributed by atoms with Crippen LogP contribution in [0.4, 0.5) is 5.69 Å². The molecule has 0 spiro atoms. The average molecular weight is 219 g/mol. The molecule has 2 rings (SSSR count). The number of nitrogens with one attached hydrogen (secondary N) is 1. The molecular formula is C13H17NO2. The normalized spacial score (nSPS) is 17.0. The molecule has 0 bridgehead atoms. The Balaban J connectivity index is 2.02. The fourth-order valence-electron chi connectivity index (χ4n) is 2.22. The number of benzene rings is 1. The van der Waals surface area contributed by atoms with Gasteiger partial charge in [0.05, 0.1) is 5.56 Å². The van der Waals surface area contributed by atoms with Gasteiger partial charge in [-0.15, -0.1) is 0 Å². The lowest BCUT2D eigenvalue weighted by molar-refractivity contribution is 0.0697. The molecular weight excluding hydrogens is 202 g/mol. The number of carboxylic acid groups (broad SMARTS) is 1. The summed E-state index contributed by atoms with van der Waals surface area (Å²) in [5, 5.41) is 12.3. The van der Waals surface area contributed by atoms with Crippen molar-refractivity contribution in [3.05, 3.63) is 29.8 Å². The number of carbonyl (C=O) groups is 1. The number of hydrogen-bond donors (Lipinski definition) is 2. The number of aromatic carboxylic acids is 1. The van der Waals surface area contributed by atoms with Crippen molar-refractivity contribution < 1.29 is 9.90 Å². The summed E-state index contributed by atoms with van der Waals surface area (Å²) in [7, 11) is 0. The van der Waals surface area contributed by atoms with Gasteiger partial charge in [-0.3, -0.25) is 0 Å². The third-order valence-corrected chi connectivity index (χ3v) is 3.09. The highest BCUT2D eigenvalue weighted by atomic mass is 16.4. The van der Waals surface area contributed by atoms with Crippen molar-refractivity contribution in [3.63, 3.8) is 0 Å². The zero-order chi connectivity index (χ0) is 11.4. The highest BCUT2D eigenvalue weighted by molar-refractivity contribution is 5.88. The summed E-state index contributed by atoms with van der Waals surface area (Å²) in [5.41, 5.74) is 1.27. The molecule has 0 aromatic heterocycles. The van der Waals surface area contributed by atoms with Crippen LogP contribution in [-0.2, 0) is 0 Å². The van der Waals surface area contributed by atoms with Gasteiger partial charge in [0.2, 0.25) is 0 Å². The van der Waals surface area contributed by atoms with Gasteiger partial charge in [0.15, 0.2) is 0 Å². The molecule has 0 atom stereocenters. The van der Waals surface area contributed by atoms with Crippen LogP contribution < -0.4 is 5.32 Å². The molecule has 0 radical (unpaired) electrons. The first-order valence-electron chi connectivity index (χ1n) is 5.85. The zero-order valence-electron chi connectivity index (χ0n) is 9.28. The Kier molecular flexibility index (Phi) is 3.44. The monoisotopic (exact) mass is 219 g/mol. The molecule has 0 unspecified atom stereocenters. The minimum atomic E-state index is -0.868. The lowest BCUT2D eigenvalue weighted by Crippen LogP contribution is -2.22. The molecule has 1 aliphatic carbocycles. The second kappa shape index (κ2) is 5.01. The standard InChI is InChI=1S/C13H17NO2/c15-13(16)10-5-4-8-12(9-10)14-11-6-2-1-3-7-11/h4-5,8-9,11,14H,1-3,6-7H2,(H,15,16). The van der Waals surface area contributed by atoms with Crippen molar-refractivity contribution in [1.82, 2.24) is 0 Å². The van der Waals surface area contributed by atoms with Crippen LogP contribution in [0.2, 0.25) is 0 Å². The lowest BCUT2D eigenvalue weighted by atomic mass is 9.95. The van der Waals surface area contributed by atoms with Crippen molar-refractivity contribution in [2.75, 3.05) is 5.32 Å². The lowest BCUT2D eigenvalue weighted by Gasteiger charge is -2.23. The number of carboxylic acids is 1.